The smallest absolute Gasteiger partial charge is 0.306 e. The third-order valence-corrected chi connectivity index (χ3v) is 6.02. The van der Waals surface area contributed by atoms with Gasteiger partial charge in [-0.3, -0.25) is 13.9 Å². The first-order valence-corrected chi connectivity index (χ1v) is 11.3. The van der Waals surface area contributed by atoms with E-state index in [2.05, 4.69) is 21.7 Å². The second kappa shape index (κ2) is 8.84. The van der Waals surface area contributed by atoms with Crippen LogP contribution in [-0.4, -0.2) is 38.4 Å². The van der Waals surface area contributed by atoms with E-state index in [9.17, 15) is 4.79 Å². The number of rotatable bonds is 5. The van der Waals surface area contributed by atoms with Crippen molar-refractivity contribution < 1.29 is 4.74 Å². The highest BCUT2D eigenvalue weighted by atomic mass is 32.2. The lowest BCUT2D eigenvalue weighted by atomic mass is 10.1. The van der Waals surface area contributed by atoms with Gasteiger partial charge in [0, 0.05) is 25.0 Å². The summed E-state index contributed by atoms with van der Waals surface area (Å²) in [5.41, 5.74) is 0.671. The van der Waals surface area contributed by atoms with E-state index in [1.165, 1.54) is 11.0 Å². The van der Waals surface area contributed by atoms with Crippen molar-refractivity contribution in [2.75, 3.05) is 24.2 Å². The first-order chi connectivity index (χ1) is 14.6. The monoisotopic (exact) mass is 423 g/mol. The van der Waals surface area contributed by atoms with Crippen molar-refractivity contribution in [3.8, 4) is 23.6 Å². The number of para-hydroxylation sites is 1. The Kier molecular flexibility index (Phi) is 6.00. The largest absolute Gasteiger partial charge is 0.424 e. The molecule has 1 aliphatic rings. The fourth-order valence-corrected chi connectivity index (χ4v) is 4.19. The van der Waals surface area contributed by atoms with E-state index in [1.807, 2.05) is 35.1 Å². The molecule has 4 rings (SSSR count). The molecule has 1 aliphatic heterocycles. The number of hydrogen-bond acceptors (Lipinski definition) is 6. The van der Waals surface area contributed by atoms with Crippen LogP contribution >= 0.6 is 11.8 Å². The van der Waals surface area contributed by atoms with Crippen LogP contribution in [0.15, 0.2) is 34.0 Å². The summed E-state index contributed by atoms with van der Waals surface area (Å²) in [4.78, 5) is 25.9. The van der Waals surface area contributed by atoms with Crippen molar-refractivity contribution in [3.63, 3.8) is 0 Å². The SMILES string of the molecule is CC#CCn1c(N2CCCCC2)nc2nc(Oc3ccccc3SC)n(C)c(=O)c21. The van der Waals surface area contributed by atoms with Crippen molar-refractivity contribution in [2.24, 2.45) is 7.05 Å². The van der Waals surface area contributed by atoms with Crippen LogP contribution in [0.3, 0.4) is 0 Å². The van der Waals surface area contributed by atoms with E-state index in [1.54, 1.807) is 25.7 Å². The van der Waals surface area contributed by atoms with E-state index in [0.717, 1.165) is 36.8 Å². The summed E-state index contributed by atoms with van der Waals surface area (Å²) < 4.78 is 9.37. The topological polar surface area (TPSA) is 65.2 Å². The third-order valence-electron chi connectivity index (χ3n) is 5.25. The van der Waals surface area contributed by atoms with Gasteiger partial charge in [-0.25, -0.2) is 0 Å². The van der Waals surface area contributed by atoms with Gasteiger partial charge in [-0.2, -0.15) is 9.97 Å². The fraction of sp³-hybridized carbons (Fsp3) is 0.409. The van der Waals surface area contributed by atoms with E-state index in [4.69, 9.17) is 9.72 Å². The number of benzene rings is 1. The van der Waals surface area contributed by atoms with E-state index in [-0.39, 0.29) is 11.6 Å². The maximum absolute atomic E-state index is 13.3. The molecule has 156 valence electrons. The number of aromatic nitrogens is 4. The number of hydrogen-bond donors (Lipinski definition) is 0. The molecule has 0 N–H and O–H groups in total. The van der Waals surface area contributed by atoms with Crippen molar-refractivity contribution in [1.82, 2.24) is 19.1 Å². The Hall–Kier alpha value is -2.92. The summed E-state index contributed by atoms with van der Waals surface area (Å²) in [6.07, 6.45) is 5.44. The van der Waals surface area contributed by atoms with Crippen LogP contribution in [0.4, 0.5) is 5.95 Å². The van der Waals surface area contributed by atoms with Crippen molar-refractivity contribution >= 4 is 28.9 Å². The highest BCUT2D eigenvalue weighted by Gasteiger charge is 2.23. The molecule has 0 spiro atoms. The van der Waals surface area contributed by atoms with E-state index < -0.39 is 0 Å². The lowest BCUT2D eigenvalue weighted by molar-refractivity contribution is 0.407. The molecule has 3 heterocycles. The van der Waals surface area contributed by atoms with Gasteiger partial charge in [0.15, 0.2) is 11.2 Å². The lowest BCUT2D eigenvalue weighted by Gasteiger charge is -2.27. The van der Waals surface area contributed by atoms with Crippen LogP contribution in [0.2, 0.25) is 0 Å². The summed E-state index contributed by atoms with van der Waals surface area (Å²) in [6.45, 7) is 4.05. The minimum absolute atomic E-state index is 0.190. The zero-order valence-electron chi connectivity index (χ0n) is 17.5. The molecule has 1 fully saturated rings. The van der Waals surface area contributed by atoms with Gasteiger partial charge in [-0.1, -0.05) is 18.1 Å². The number of nitrogens with zero attached hydrogens (tertiary/aromatic N) is 5. The molecule has 7 nitrogen and oxygen atoms in total. The lowest BCUT2D eigenvalue weighted by Crippen LogP contribution is -2.32. The van der Waals surface area contributed by atoms with E-state index in [0.29, 0.717) is 23.5 Å². The average molecular weight is 424 g/mol. The van der Waals surface area contributed by atoms with Gasteiger partial charge in [0.1, 0.15) is 5.75 Å². The van der Waals surface area contributed by atoms with Crippen LogP contribution in [0.1, 0.15) is 26.2 Å². The molecule has 0 amide bonds. The van der Waals surface area contributed by atoms with Gasteiger partial charge in [0.25, 0.3) is 5.56 Å². The van der Waals surface area contributed by atoms with Gasteiger partial charge < -0.3 is 9.64 Å². The van der Waals surface area contributed by atoms with Gasteiger partial charge in [-0.15, -0.1) is 17.7 Å². The zero-order valence-corrected chi connectivity index (χ0v) is 18.3. The van der Waals surface area contributed by atoms with Crippen LogP contribution in [0.25, 0.3) is 11.2 Å². The first kappa shape index (κ1) is 20.4. The molecule has 0 unspecified atom stereocenters. The Labute approximate surface area is 180 Å². The number of imidazole rings is 1. The normalized spacial score (nSPS) is 13.9. The summed E-state index contributed by atoms with van der Waals surface area (Å²) in [6, 6.07) is 7.93. The molecule has 0 atom stereocenters. The van der Waals surface area contributed by atoms with Crippen molar-refractivity contribution in [3.05, 3.63) is 34.6 Å². The Morgan fingerprint density at radius 1 is 1.17 bits per heavy atom. The molecule has 0 bridgehead atoms. The highest BCUT2D eigenvalue weighted by Crippen LogP contribution is 2.31. The summed E-state index contributed by atoms with van der Waals surface area (Å²) in [5.74, 6) is 7.42. The zero-order chi connectivity index (χ0) is 21.1. The molecule has 0 radical (unpaired) electrons. The average Bonchev–Trinajstić information content (AvgIpc) is 3.15. The molecule has 0 aliphatic carbocycles. The highest BCUT2D eigenvalue weighted by molar-refractivity contribution is 7.98. The summed E-state index contributed by atoms with van der Waals surface area (Å²) >= 11 is 1.58. The number of anilines is 1. The van der Waals surface area contributed by atoms with Crippen molar-refractivity contribution in [2.45, 2.75) is 37.6 Å². The molecule has 1 saturated heterocycles. The molecule has 1 aromatic carbocycles. The fourth-order valence-electron chi connectivity index (χ4n) is 3.67. The van der Waals surface area contributed by atoms with Crippen LogP contribution < -0.4 is 15.2 Å². The minimum atomic E-state index is -0.190. The Bertz CT molecular complexity index is 1180. The second-order valence-electron chi connectivity index (χ2n) is 7.16. The predicted octanol–water partition coefficient (Wildman–Crippen LogP) is 3.66. The maximum Gasteiger partial charge on any atom is 0.306 e. The van der Waals surface area contributed by atoms with Crippen molar-refractivity contribution in [1.29, 1.82) is 0 Å². The van der Waals surface area contributed by atoms with Crippen LogP contribution in [0.5, 0.6) is 11.8 Å². The number of thioether (sulfide) groups is 1. The Balaban J connectivity index is 1.84. The van der Waals surface area contributed by atoms with Crippen LogP contribution in [-0.2, 0) is 13.6 Å². The first-order valence-electron chi connectivity index (χ1n) is 10.1. The Morgan fingerprint density at radius 2 is 1.93 bits per heavy atom. The van der Waals surface area contributed by atoms with Gasteiger partial charge in [0.05, 0.1) is 6.54 Å². The number of ether oxygens (including phenoxy) is 1. The minimum Gasteiger partial charge on any atom is -0.424 e. The van der Waals surface area contributed by atoms with Gasteiger partial charge in [-0.05, 0) is 44.6 Å². The van der Waals surface area contributed by atoms with Crippen LogP contribution in [0, 0.1) is 11.8 Å². The number of piperidine rings is 1. The Morgan fingerprint density at radius 3 is 2.67 bits per heavy atom. The molecule has 3 aromatic rings. The standard InChI is InChI=1S/C22H25N5O2S/c1-4-5-15-27-18-19(23-21(27)26-13-9-6-10-14-26)24-22(25(2)20(18)28)29-16-11-7-8-12-17(16)30-3/h7-8,11-12H,6,9-10,13-15H2,1-3H3. The van der Waals surface area contributed by atoms with Gasteiger partial charge >= 0.3 is 6.01 Å². The van der Waals surface area contributed by atoms with Gasteiger partial charge in [0.2, 0.25) is 5.95 Å². The molecule has 30 heavy (non-hydrogen) atoms. The predicted molar refractivity (Wildman–Crippen MR) is 121 cm³/mol. The molecule has 2 aromatic heterocycles. The van der Waals surface area contributed by atoms with E-state index >= 15 is 0 Å². The second-order valence-corrected chi connectivity index (χ2v) is 8.00. The molecule has 0 saturated carbocycles. The molecular formula is C22H25N5O2S. The quantitative estimate of drug-likeness (QED) is 0.461. The third kappa shape index (κ3) is 3.77. The number of fused-ring (bicyclic) bond motifs is 1. The summed E-state index contributed by atoms with van der Waals surface area (Å²) in [5, 5.41) is 0. The molecular weight excluding hydrogens is 398 g/mol. The summed E-state index contributed by atoms with van der Waals surface area (Å²) in [7, 11) is 1.68. The maximum atomic E-state index is 13.3. The molecule has 8 heteroatoms.